The Hall–Kier alpha value is -3.32. The van der Waals surface area contributed by atoms with Crippen LogP contribution in [0.5, 0.6) is 5.75 Å². The molecule has 0 bridgehead atoms. The maximum atomic E-state index is 13.2. The van der Waals surface area contributed by atoms with Crippen molar-refractivity contribution in [3.8, 4) is 5.75 Å². The molecule has 0 aliphatic carbocycles. The summed E-state index contributed by atoms with van der Waals surface area (Å²) in [6.07, 6.45) is 4.84. The van der Waals surface area contributed by atoms with Crippen molar-refractivity contribution < 1.29 is 13.9 Å². The van der Waals surface area contributed by atoms with Crippen LogP contribution in [0.2, 0.25) is 0 Å². The van der Waals surface area contributed by atoms with Crippen molar-refractivity contribution in [1.29, 1.82) is 0 Å². The van der Waals surface area contributed by atoms with Crippen molar-refractivity contribution in [2.45, 2.75) is 6.42 Å². The lowest BCUT2D eigenvalue weighted by molar-refractivity contribution is 0.0774. The van der Waals surface area contributed by atoms with Gasteiger partial charge in [-0.05, 0) is 42.3 Å². The lowest BCUT2D eigenvalue weighted by Gasteiger charge is -2.27. The van der Waals surface area contributed by atoms with Gasteiger partial charge in [0.15, 0.2) is 0 Å². The number of methoxy groups -OCH3 is 1. The van der Waals surface area contributed by atoms with Gasteiger partial charge in [0.25, 0.3) is 5.91 Å². The smallest absolute Gasteiger partial charge is 0.337 e. The van der Waals surface area contributed by atoms with E-state index >= 15 is 0 Å². The predicted octanol–water partition coefficient (Wildman–Crippen LogP) is 4.97. The van der Waals surface area contributed by atoms with E-state index in [4.69, 9.17) is 9.15 Å². The summed E-state index contributed by atoms with van der Waals surface area (Å²) in [5.74, 6) is 0.385. The van der Waals surface area contributed by atoms with Crippen molar-refractivity contribution in [3.05, 3.63) is 80.8 Å². The average molecular weight is 479 g/mol. The molecule has 2 aromatic carbocycles. The molecule has 1 aliphatic heterocycles. The van der Waals surface area contributed by atoms with E-state index in [0.29, 0.717) is 35.4 Å². The van der Waals surface area contributed by atoms with Gasteiger partial charge in [-0.15, -0.1) is 0 Å². The Balaban J connectivity index is 1.45. The van der Waals surface area contributed by atoms with Crippen LogP contribution in [0.25, 0.3) is 27.4 Å². The molecular formula is C24H19BrN2O4. The Morgan fingerprint density at radius 3 is 2.81 bits per heavy atom. The van der Waals surface area contributed by atoms with Gasteiger partial charge in [-0.1, -0.05) is 22.0 Å². The fourth-order valence-electron chi connectivity index (χ4n) is 4.07. The molecule has 6 nitrogen and oxygen atoms in total. The van der Waals surface area contributed by atoms with Gasteiger partial charge in [0.2, 0.25) is 0 Å². The van der Waals surface area contributed by atoms with Crippen molar-refractivity contribution in [3.63, 3.8) is 0 Å². The molecule has 1 aliphatic rings. The van der Waals surface area contributed by atoms with E-state index in [1.165, 1.54) is 11.6 Å². The molecule has 0 fully saturated rings. The summed E-state index contributed by atoms with van der Waals surface area (Å²) in [5, 5.41) is 1.75. The van der Waals surface area contributed by atoms with E-state index in [2.05, 4.69) is 33.1 Å². The number of amides is 1. The topological polar surface area (TPSA) is 75.5 Å². The Bertz CT molecular complexity index is 1420. The maximum Gasteiger partial charge on any atom is 0.337 e. The summed E-state index contributed by atoms with van der Waals surface area (Å²) in [6.45, 7) is 1.05. The summed E-state index contributed by atoms with van der Waals surface area (Å²) in [7, 11) is 1.54. The number of rotatable bonds is 3. The summed E-state index contributed by atoms with van der Waals surface area (Å²) < 4.78 is 11.5. The summed E-state index contributed by atoms with van der Waals surface area (Å²) in [4.78, 5) is 30.4. The molecule has 0 saturated carbocycles. The zero-order chi connectivity index (χ0) is 21.5. The van der Waals surface area contributed by atoms with Gasteiger partial charge >= 0.3 is 5.63 Å². The molecule has 0 atom stereocenters. The largest absolute Gasteiger partial charge is 0.497 e. The number of nitrogens with one attached hydrogen (secondary N) is 1. The Morgan fingerprint density at radius 1 is 1.16 bits per heavy atom. The van der Waals surface area contributed by atoms with Gasteiger partial charge in [-0.2, -0.15) is 0 Å². The summed E-state index contributed by atoms with van der Waals surface area (Å²) in [5.41, 5.74) is 3.57. The second-order valence-corrected chi connectivity index (χ2v) is 8.38. The fourth-order valence-corrected chi connectivity index (χ4v) is 4.44. The molecule has 0 radical (unpaired) electrons. The van der Waals surface area contributed by atoms with Crippen molar-refractivity contribution in [1.82, 2.24) is 9.88 Å². The van der Waals surface area contributed by atoms with E-state index in [1.807, 2.05) is 18.3 Å². The average Bonchev–Trinajstić information content (AvgIpc) is 3.20. The SMILES string of the molecule is COc1ccc2c(C(=O)N3CC=C(c4c[nH]c5ccc(Br)cc45)CC3)cc(=O)oc2c1. The number of fused-ring (bicyclic) bond motifs is 2. The zero-order valence-corrected chi connectivity index (χ0v) is 18.4. The van der Waals surface area contributed by atoms with Crippen LogP contribution in [-0.2, 0) is 0 Å². The van der Waals surface area contributed by atoms with Gasteiger partial charge < -0.3 is 19.0 Å². The summed E-state index contributed by atoms with van der Waals surface area (Å²) in [6, 6.07) is 12.5. The molecule has 156 valence electrons. The number of hydrogen-bond acceptors (Lipinski definition) is 4. The quantitative estimate of drug-likeness (QED) is 0.421. The Morgan fingerprint density at radius 2 is 2.03 bits per heavy atom. The van der Waals surface area contributed by atoms with Crippen LogP contribution < -0.4 is 10.4 Å². The van der Waals surface area contributed by atoms with Crippen LogP contribution in [0.3, 0.4) is 0 Å². The van der Waals surface area contributed by atoms with Gasteiger partial charge in [-0.25, -0.2) is 4.79 Å². The number of halogens is 1. The number of hydrogen-bond donors (Lipinski definition) is 1. The minimum Gasteiger partial charge on any atom is -0.497 e. The first kappa shape index (κ1) is 19.6. The van der Waals surface area contributed by atoms with E-state index < -0.39 is 5.63 Å². The van der Waals surface area contributed by atoms with Gasteiger partial charge in [0.1, 0.15) is 11.3 Å². The van der Waals surface area contributed by atoms with Crippen LogP contribution >= 0.6 is 15.9 Å². The molecular weight excluding hydrogens is 460 g/mol. The second-order valence-electron chi connectivity index (χ2n) is 7.46. The molecule has 4 aromatic rings. The van der Waals surface area contributed by atoms with Crippen LogP contribution in [0.1, 0.15) is 22.3 Å². The molecule has 0 spiro atoms. The second kappa shape index (κ2) is 7.74. The van der Waals surface area contributed by atoms with Crippen molar-refractivity contribution in [2.75, 3.05) is 20.2 Å². The highest BCUT2D eigenvalue weighted by Crippen LogP contribution is 2.32. The Labute approximate surface area is 186 Å². The van der Waals surface area contributed by atoms with Gasteiger partial charge in [0.05, 0.1) is 12.7 Å². The number of aromatic amines is 1. The van der Waals surface area contributed by atoms with E-state index in [-0.39, 0.29) is 5.91 Å². The molecule has 3 heterocycles. The maximum absolute atomic E-state index is 13.2. The normalized spacial score (nSPS) is 14.1. The predicted molar refractivity (Wildman–Crippen MR) is 124 cm³/mol. The number of benzene rings is 2. The highest BCUT2D eigenvalue weighted by Gasteiger charge is 2.23. The van der Waals surface area contributed by atoms with Crippen molar-refractivity contribution in [2.24, 2.45) is 0 Å². The number of ether oxygens (including phenoxy) is 1. The van der Waals surface area contributed by atoms with Gasteiger partial charge in [-0.3, -0.25) is 4.79 Å². The molecule has 1 N–H and O–H groups in total. The number of nitrogens with zero attached hydrogens (tertiary/aromatic N) is 1. The first-order valence-corrected chi connectivity index (χ1v) is 10.7. The third kappa shape index (κ3) is 3.55. The third-order valence-corrected chi connectivity index (χ3v) is 6.16. The monoisotopic (exact) mass is 478 g/mol. The lowest BCUT2D eigenvalue weighted by atomic mass is 9.98. The zero-order valence-electron chi connectivity index (χ0n) is 16.8. The van der Waals surface area contributed by atoms with Crippen LogP contribution in [0, 0.1) is 0 Å². The van der Waals surface area contributed by atoms with E-state index in [1.54, 1.807) is 30.2 Å². The van der Waals surface area contributed by atoms with E-state index in [9.17, 15) is 9.59 Å². The minimum atomic E-state index is -0.554. The number of H-pyrrole nitrogens is 1. The lowest BCUT2D eigenvalue weighted by Crippen LogP contribution is -2.35. The van der Waals surface area contributed by atoms with Gasteiger partial charge in [0, 0.05) is 57.7 Å². The first-order valence-electron chi connectivity index (χ1n) is 9.91. The van der Waals surface area contributed by atoms with Crippen LogP contribution in [-0.4, -0.2) is 36.0 Å². The highest BCUT2D eigenvalue weighted by atomic mass is 79.9. The molecule has 0 saturated heterocycles. The minimum absolute atomic E-state index is 0.181. The molecule has 1 amide bonds. The molecule has 0 unspecified atom stereocenters. The number of carbonyl (C=O) groups is 1. The molecule has 5 rings (SSSR count). The Kier molecular flexibility index (Phi) is 4.90. The van der Waals surface area contributed by atoms with Crippen LogP contribution in [0.15, 0.2) is 68.4 Å². The molecule has 2 aromatic heterocycles. The standard InChI is InChI=1S/C24H19BrN2O4/c1-30-16-3-4-17-19(12-23(28)31-22(17)11-16)24(29)27-8-6-14(7-9-27)20-13-26-21-5-2-15(25)10-18(20)21/h2-6,10-13,26H,7-9H2,1H3. The number of aromatic nitrogens is 1. The summed E-state index contributed by atoms with van der Waals surface area (Å²) >= 11 is 3.54. The third-order valence-electron chi connectivity index (χ3n) is 5.67. The van der Waals surface area contributed by atoms with Crippen molar-refractivity contribution >= 4 is 49.3 Å². The first-order chi connectivity index (χ1) is 15.0. The fraction of sp³-hybridized carbons (Fsp3) is 0.167. The molecule has 7 heteroatoms. The molecule has 31 heavy (non-hydrogen) atoms. The van der Waals surface area contributed by atoms with Crippen LogP contribution in [0.4, 0.5) is 0 Å². The number of carbonyl (C=O) groups excluding carboxylic acids is 1. The highest BCUT2D eigenvalue weighted by molar-refractivity contribution is 9.10. The van der Waals surface area contributed by atoms with E-state index in [0.717, 1.165) is 27.4 Å².